The Morgan fingerprint density at radius 2 is 2.05 bits per heavy atom. The zero-order valence-corrected chi connectivity index (χ0v) is 12.9. The highest BCUT2D eigenvalue weighted by atomic mass is 32.1. The summed E-state index contributed by atoms with van der Waals surface area (Å²) in [4.78, 5) is 14.4. The van der Waals surface area contributed by atoms with Gasteiger partial charge >= 0.3 is 0 Å². The van der Waals surface area contributed by atoms with Crippen LogP contribution in [0.5, 0.6) is 11.5 Å². The molecule has 0 fully saturated rings. The predicted molar refractivity (Wildman–Crippen MR) is 84.2 cm³/mol. The second kappa shape index (κ2) is 6.33. The third-order valence-corrected chi connectivity index (χ3v) is 3.71. The molecule has 0 saturated carbocycles. The molecule has 1 aliphatic heterocycles. The van der Waals surface area contributed by atoms with E-state index in [0.717, 1.165) is 11.3 Å². The first-order valence-corrected chi connectivity index (χ1v) is 7.33. The molecule has 3 rings (SSSR count). The van der Waals surface area contributed by atoms with E-state index in [1.807, 2.05) is 22.8 Å². The van der Waals surface area contributed by atoms with E-state index in [4.69, 9.17) is 26.4 Å². The first kappa shape index (κ1) is 14.8. The maximum atomic E-state index is 11.8. The lowest BCUT2D eigenvalue weighted by molar-refractivity contribution is 0.171. The number of benzene rings is 1. The van der Waals surface area contributed by atoms with Crippen molar-refractivity contribution < 1.29 is 14.2 Å². The molecule has 7 heteroatoms. The van der Waals surface area contributed by atoms with Crippen molar-refractivity contribution in [3.63, 3.8) is 0 Å². The molecule has 116 valence electrons. The van der Waals surface area contributed by atoms with Gasteiger partial charge in [0.15, 0.2) is 16.3 Å². The zero-order valence-electron chi connectivity index (χ0n) is 12.1. The smallest absolute Gasteiger partial charge is 0.252 e. The molecule has 0 amide bonds. The molecule has 1 aromatic heterocycles. The second-order valence-electron chi connectivity index (χ2n) is 4.83. The van der Waals surface area contributed by atoms with Crippen LogP contribution in [0.4, 0.5) is 0 Å². The molecule has 0 spiro atoms. The fourth-order valence-electron chi connectivity index (χ4n) is 2.37. The molecule has 0 aliphatic carbocycles. The molecular weight excluding hydrogens is 304 g/mol. The maximum Gasteiger partial charge on any atom is 0.252 e. The molecule has 2 heterocycles. The Bertz CT molecular complexity index is 797. The van der Waals surface area contributed by atoms with Gasteiger partial charge < -0.3 is 18.8 Å². The van der Waals surface area contributed by atoms with Gasteiger partial charge in [-0.25, -0.2) is 0 Å². The molecule has 1 N–H and O–H groups in total. The van der Waals surface area contributed by atoms with Crippen LogP contribution in [-0.2, 0) is 11.3 Å². The van der Waals surface area contributed by atoms with Gasteiger partial charge in [0.05, 0.1) is 12.3 Å². The van der Waals surface area contributed by atoms with Crippen molar-refractivity contribution in [2.75, 3.05) is 26.9 Å². The van der Waals surface area contributed by atoms with Gasteiger partial charge in [0.25, 0.3) is 5.56 Å². The normalized spacial score (nSPS) is 13.1. The average molecular weight is 320 g/mol. The second-order valence-corrected chi connectivity index (χ2v) is 5.21. The summed E-state index contributed by atoms with van der Waals surface area (Å²) >= 11 is 5.26. The third-order valence-electron chi connectivity index (χ3n) is 3.39. The number of ether oxygens (including phenoxy) is 3. The maximum absolute atomic E-state index is 11.8. The molecule has 1 aliphatic rings. The van der Waals surface area contributed by atoms with Crippen molar-refractivity contribution in [3.05, 3.63) is 39.4 Å². The van der Waals surface area contributed by atoms with Crippen molar-refractivity contribution in [2.45, 2.75) is 6.54 Å². The van der Waals surface area contributed by atoms with Gasteiger partial charge in [-0.2, -0.15) is 0 Å². The van der Waals surface area contributed by atoms with E-state index in [2.05, 4.69) is 4.98 Å². The number of hydrogen-bond acceptors (Lipinski definition) is 5. The highest BCUT2D eigenvalue weighted by Crippen LogP contribution is 2.34. The van der Waals surface area contributed by atoms with Gasteiger partial charge in [-0.3, -0.25) is 9.78 Å². The Morgan fingerprint density at radius 3 is 2.82 bits per heavy atom. The van der Waals surface area contributed by atoms with Crippen LogP contribution < -0.4 is 15.0 Å². The van der Waals surface area contributed by atoms with Crippen molar-refractivity contribution in [1.29, 1.82) is 0 Å². The number of nitrogens with one attached hydrogen (secondary N) is 1. The van der Waals surface area contributed by atoms with Crippen LogP contribution in [0.15, 0.2) is 29.1 Å². The average Bonchev–Trinajstić information content (AvgIpc) is 2.53. The highest BCUT2D eigenvalue weighted by molar-refractivity contribution is 7.71. The number of nitrogens with zero attached hydrogens (tertiary/aromatic N) is 1. The molecule has 0 radical (unpaired) electrons. The zero-order chi connectivity index (χ0) is 15.5. The number of methoxy groups -OCH3 is 1. The van der Waals surface area contributed by atoms with Crippen LogP contribution in [-0.4, -0.2) is 36.5 Å². The minimum Gasteiger partial charge on any atom is -0.486 e. The predicted octanol–water partition coefficient (Wildman–Crippen LogP) is 1.99. The minimum atomic E-state index is -0.233. The Balaban J connectivity index is 2.10. The molecule has 6 nitrogen and oxygen atoms in total. The van der Waals surface area contributed by atoms with E-state index in [-0.39, 0.29) is 5.56 Å². The molecule has 1 aromatic carbocycles. The van der Waals surface area contributed by atoms with Crippen LogP contribution in [0.25, 0.3) is 11.3 Å². The summed E-state index contributed by atoms with van der Waals surface area (Å²) in [6.07, 6.45) is 0. The van der Waals surface area contributed by atoms with Crippen molar-refractivity contribution >= 4 is 12.2 Å². The summed E-state index contributed by atoms with van der Waals surface area (Å²) in [6.45, 7) is 2.11. The lowest BCUT2D eigenvalue weighted by Crippen LogP contribution is -2.17. The largest absolute Gasteiger partial charge is 0.486 e. The fraction of sp³-hybridized carbons (Fsp3) is 0.333. The van der Waals surface area contributed by atoms with Gasteiger partial charge in [-0.15, -0.1) is 0 Å². The Hall–Kier alpha value is -2.12. The number of aromatic amines is 1. The number of H-pyrrole nitrogens is 1. The van der Waals surface area contributed by atoms with E-state index in [1.165, 1.54) is 6.07 Å². The first-order valence-electron chi connectivity index (χ1n) is 6.92. The van der Waals surface area contributed by atoms with Gasteiger partial charge in [0.2, 0.25) is 0 Å². The lowest BCUT2D eigenvalue weighted by Gasteiger charge is -2.20. The van der Waals surface area contributed by atoms with E-state index in [1.54, 1.807) is 7.11 Å². The quantitative estimate of drug-likeness (QED) is 0.873. The van der Waals surface area contributed by atoms with Gasteiger partial charge in [-0.1, -0.05) is 0 Å². The van der Waals surface area contributed by atoms with E-state index in [9.17, 15) is 4.79 Å². The summed E-state index contributed by atoms with van der Waals surface area (Å²) in [6, 6.07) is 7.12. The molecule has 0 saturated heterocycles. The third kappa shape index (κ3) is 2.90. The van der Waals surface area contributed by atoms with Crippen molar-refractivity contribution in [3.8, 4) is 22.8 Å². The minimum absolute atomic E-state index is 0.233. The number of aromatic nitrogens is 2. The Labute approximate surface area is 132 Å². The van der Waals surface area contributed by atoms with E-state index >= 15 is 0 Å². The van der Waals surface area contributed by atoms with Crippen LogP contribution in [0.1, 0.15) is 0 Å². The van der Waals surface area contributed by atoms with Crippen molar-refractivity contribution in [2.24, 2.45) is 0 Å². The van der Waals surface area contributed by atoms with E-state index in [0.29, 0.717) is 42.6 Å². The van der Waals surface area contributed by atoms with Crippen molar-refractivity contribution in [1.82, 2.24) is 9.55 Å². The monoisotopic (exact) mass is 320 g/mol. The Morgan fingerprint density at radius 1 is 1.27 bits per heavy atom. The summed E-state index contributed by atoms with van der Waals surface area (Å²) in [5.74, 6) is 1.38. The molecule has 2 aromatic rings. The summed E-state index contributed by atoms with van der Waals surface area (Å²) in [5.41, 5.74) is 1.34. The molecule has 0 atom stereocenters. The number of fused-ring (bicyclic) bond motifs is 1. The number of rotatable bonds is 4. The SMILES string of the molecule is COCCn1c(-c2ccc3c(c2)OCCO3)cc(=O)[nH]c1=S. The lowest BCUT2D eigenvalue weighted by atomic mass is 10.1. The van der Waals surface area contributed by atoms with E-state index < -0.39 is 0 Å². The molecule has 0 bridgehead atoms. The van der Waals surface area contributed by atoms with Crippen LogP contribution >= 0.6 is 12.2 Å². The topological polar surface area (TPSA) is 65.5 Å². The van der Waals surface area contributed by atoms with Crippen LogP contribution in [0.2, 0.25) is 0 Å². The summed E-state index contributed by atoms with van der Waals surface area (Å²) in [5, 5.41) is 0. The van der Waals surface area contributed by atoms with Gasteiger partial charge in [0.1, 0.15) is 13.2 Å². The van der Waals surface area contributed by atoms with Gasteiger partial charge in [0, 0.05) is 25.3 Å². The first-order chi connectivity index (χ1) is 10.7. The van der Waals surface area contributed by atoms with Crippen LogP contribution in [0, 0.1) is 4.77 Å². The molecule has 22 heavy (non-hydrogen) atoms. The molecular formula is C15H16N2O4S. The highest BCUT2D eigenvalue weighted by Gasteiger charge is 2.14. The molecule has 0 unspecified atom stereocenters. The summed E-state index contributed by atoms with van der Waals surface area (Å²) in [7, 11) is 1.62. The van der Waals surface area contributed by atoms with Gasteiger partial charge in [-0.05, 0) is 30.4 Å². The standard InChI is InChI=1S/C15H16N2O4S/c1-19-5-4-17-11(9-14(18)16-15(17)22)10-2-3-12-13(8-10)21-7-6-20-12/h2-3,8-9H,4-7H2,1H3,(H,16,18,22). The number of hydrogen-bond donors (Lipinski definition) is 1. The summed E-state index contributed by atoms with van der Waals surface area (Å²) < 4.78 is 18.4. The Kier molecular flexibility index (Phi) is 4.26. The van der Waals surface area contributed by atoms with Crippen LogP contribution in [0.3, 0.4) is 0 Å². The fourth-order valence-corrected chi connectivity index (χ4v) is 2.66.